The number of rotatable bonds is 3. The van der Waals surface area contributed by atoms with Crippen molar-refractivity contribution in [1.29, 1.82) is 0 Å². The van der Waals surface area contributed by atoms with Crippen molar-refractivity contribution in [1.82, 2.24) is 15.5 Å². The van der Waals surface area contributed by atoms with Crippen molar-refractivity contribution in [3.63, 3.8) is 0 Å². The van der Waals surface area contributed by atoms with E-state index >= 15 is 0 Å². The molecule has 0 saturated carbocycles. The fraction of sp³-hybridized carbons (Fsp3) is 0.889. The first-order valence-electron chi connectivity index (χ1n) is 5.06. The molecule has 0 aliphatic carbocycles. The maximum Gasteiger partial charge on any atom is 0.315 e. The lowest BCUT2D eigenvalue weighted by Crippen LogP contribution is -2.49. The van der Waals surface area contributed by atoms with Crippen molar-refractivity contribution >= 4 is 6.03 Å². The van der Waals surface area contributed by atoms with Crippen LogP contribution in [0.3, 0.4) is 0 Å². The molecule has 0 spiro atoms. The Bertz CT molecular complexity index is 187. The molecule has 1 fully saturated rings. The highest BCUT2D eigenvalue weighted by Crippen LogP contribution is 2.07. The summed E-state index contributed by atoms with van der Waals surface area (Å²) < 4.78 is 0. The first-order valence-corrected chi connectivity index (χ1v) is 5.06. The van der Waals surface area contributed by atoms with Crippen LogP contribution in [0.2, 0.25) is 0 Å². The van der Waals surface area contributed by atoms with E-state index in [1.54, 1.807) is 0 Å². The van der Waals surface area contributed by atoms with Gasteiger partial charge in [0.25, 0.3) is 0 Å². The Labute approximate surface area is 84.5 Å². The van der Waals surface area contributed by atoms with Gasteiger partial charge in [-0.05, 0) is 26.4 Å². The van der Waals surface area contributed by atoms with Crippen molar-refractivity contribution in [2.24, 2.45) is 0 Å². The number of carbonyl (C=O) groups excluding carboxylic acids is 1. The molecule has 0 radical (unpaired) electrons. The van der Waals surface area contributed by atoms with Crippen LogP contribution in [-0.4, -0.2) is 55.4 Å². The van der Waals surface area contributed by atoms with Gasteiger partial charge in [0.1, 0.15) is 0 Å². The van der Waals surface area contributed by atoms with Crippen LogP contribution >= 0.6 is 0 Å². The number of urea groups is 1. The summed E-state index contributed by atoms with van der Waals surface area (Å²) >= 11 is 0. The number of amides is 2. The van der Waals surface area contributed by atoms with Gasteiger partial charge in [-0.15, -0.1) is 0 Å². The highest BCUT2D eigenvalue weighted by Gasteiger charge is 2.18. The van der Waals surface area contributed by atoms with Gasteiger partial charge in [0.05, 0.1) is 6.61 Å². The monoisotopic (exact) mass is 201 g/mol. The molecule has 3 N–H and O–H groups in total. The lowest BCUT2D eigenvalue weighted by atomic mass is 10.1. The Morgan fingerprint density at radius 1 is 1.64 bits per heavy atom. The smallest absolute Gasteiger partial charge is 0.315 e. The normalized spacial score (nSPS) is 23.1. The third kappa shape index (κ3) is 3.93. The average molecular weight is 201 g/mol. The highest BCUT2D eigenvalue weighted by molar-refractivity contribution is 5.74. The molecule has 1 rings (SSSR count). The van der Waals surface area contributed by atoms with Crippen LogP contribution in [0.15, 0.2) is 0 Å². The summed E-state index contributed by atoms with van der Waals surface area (Å²) in [5.41, 5.74) is 0. The standard InChI is InChI=1S/C9H19N3O2/c1-12-5-2-3-8(7-12)11-9(14)10-4-6-13/h8,13H,2-7H2,1H3,(H2,10,11,14). The number of hydrogen-bond donors (Lipinski definition) is 3. The lowest BCUT2D eigenvalue weighted by Gasteiger charge is -2.30. The van der Waals surface area contributed by atoms with E-state index in [1.165, 1.54) is 0 Å². The first-order chi connectivity index (χ1) is 6.72. The van der Waals surface area contributed by atoms with E-state index < -0.39 is 0 Å². The average Bonchev–Trinajstić information content (AvgIpc) is 2.15. The summed E-state index contributed by atoms with van der Waals surface area (Å²) in [4.78, 5) is 13.4. The molecule has 1 aliphatic heterocycles. The minimum atomic E-state index is -0.181. The maximum atomic E-state index is 11.2. The quantitative estimate of drug-likeness (QED) is 0.570. The largest absolute Gasteiger partial charge is 0.395 e. The summed E-state index contributed by atoms with van der Waals surface area (Å²) in [7, 11) is 2.06. The van der Waals surface area contributed by atoms with Crippen LogP contribution in [0.1, 0.15) is 12.8 Å². The molecular formula is C9H19N3O2. The van der Waals surface area contributed by atoms with E-state index in [-0.39, 0.29) is 18.7 Å². The molecule has 1 unspecified atom stereocenters. The van der Waals surface area contributed by atoms with Crippen molar-refractivity contribution in [2.45, 2.75) is 18.9 Å². The molecular weight excluding hydrogens is 182 g/mol. The van der Waals surface area contributed by atoms with Crippen molar-refractivity contribution in [3.05, 3.63) is 0 Å². The van der Waals surface area contributed by atoms with Crippen LogP contribution in [0.25, 0.3) is 0 Å². The molecule has 0 aromatic rings. The van der Waals surface area contributed by atoms with Gasteiger partial charge >= 0.3 is 6.03 Å². The van der Waals surface area contributed by atoms with Crippen LogP contribution in [-0.2, 0) is 0 Å². The van der Waals surface area contributed by atoms with Gasteiger partial charge < -0.3 is 20.6 Å². The number of nitrogens with one attached hydrogen (secondary N) is 2. The van der Waals surface area contributed by atoms with E-state index in [9.17, 15) is 4.79 Å². The molecule has 2 amide bonds. The Hall–Kier alpha value is -0.810. The molecule has 0 aromatic heterocycles. The Morgan fingerprint density at radius 2 is 2.43 bits per heavy atom. The number of carbonyl (C=O) groups is 1. The number of nitrogens with zero attached hydrogens (tertiary/aromatic N) is 1. The van der Waals surface area contributed by atoms with Gasteiger partial charge in [0.15, 0.2) is 0 Å². The van der Waals surface area contributed by atoms with Gasteiger partial charge in [0.2, 0.25) is 0 Å². The zero-order valence-electron chi connectivity index (χ0n) is 8.62. The number of aliphatic hydroxyl groups is 1. The topological polar surface area (TPSA) is 64.6 Å². The van der Waals surface area contributed by atoms with E-state index in [0.29, 0.717) is 6.54 Å². The number of hydrogen-bond acceptors (Lipinski definition) is 3. The van der Waals surface area contributed by atoms with E-state index in [2.05, 4.69) is 22.6 Å². The molecule has 5 heteroatoms. The predicted molar refractivity (Wildman–Crippen MR) is 54.1 cm³/mol. The van der Waals surface area contributed by atoms with Crippen molar-refractivity contribution < 1.29 is 9.90 Å². The predicted octanol–water partition coefficient (Wildman–Crippen LogP) is -0.628. The van der Waals surface area contributed by atoms with Crippen LogP contribution < -0.4 is 10.6 Å². The molecule has 1 atom stereocenters. The Kier molecular flexibility index (Phi) is 4.69. The first kappa shape index (κ1) is 11.3. The van der Waals surface area contributed by atoms with Gasteiger partial charge in [-0.25, -0.2) is 4.79 Å². The summed E-state index contributed by atoms with van der Waals surface area (Å²) in [5.74, 6) is 0. The molecule has 1 saturated heterocycles. The molecule has 5 nitrogen and oxygen atoms in total. The summed E-state index contributed by atoms with van der Waals surface area (Å²) in [5, 5.41) is 14.0. The molecule has 1 aliphatic rings. The molecule has 0 aromatic carbocycles. The highest BCUT2D eigenvalue weighted by atomic mass is 16.3. The molecule has 1 heterocycles. The van der Waals surface area contributed by atoms with Crippen LogP contribution in [0.4, 0.5) is 4.79 Å². The lowest BCUT2D eigenvalue weighted by molar-refractivity contribution is 0.206. The number of likely N-dealkylation sites (tertiary alicyclic amines) is 1. The number of piperidine rings is 1. The number of aliphatic hydroxyl groups excluding tert-OH is 1. The second kappa shape index (κ2) is 5.82. The second-order valence-corrected chi connectivity index (χ2v) is 3.73. The van der Waals surface area contributed by atoms with E-state index in [4.69, 9.17) is 5.11 Å². The Balaban J connectivity index is 2.18. The van der Waals surface area contributed by atoms with Crippen molar-refractivity contribution in [3.8, 4) is 0 Å². The zero-order valence-corrected chi connectivity index (χ0v) is 8.62. The number of likely N-dealkylation sites (N-methyl/N-ethyl adjacent to an activating group) is 1. The second-order valence-electron chi connectivity index (χ2n) is 3.73. The van der Waals surface area contributed by atoms with Gasteiger partial charge in [0, 0.05) is 19.1 Å². The SMILES string of the molecule is CN1CCCC(NC(=O)NCCO)C1. The van der Waals surface area contributed by atoms with Gasteiger partial charge in [-0.1, -0.05) is 0 Å². The van der Waals surface area contributed by atoms with Crippen molar-refractivity contribution in [2.75, 3.05) is 33.3 Å². The van der Waals surface area contributed by atoms with Gasteiger partial charge in [-0.3, -0.25) is 0 Å². The van der Waals surface area contributed by atoms with Crippen LogP contribution in [0.5, 0.6) is 0 Å². The Morgan fingerprint density at radius 3 is 3.07 bits per heavy atom. The third-order valence-corrected chi connectivity index (χ3v) is 2.36. The fourth-order valence-corrected chi connectivity index (χ4v) is 1.69. The molecule has 14 heavy (non-hydrogen) atoms. The fourth-order valence-electron chi connectivity index (χ4n) is 1.69. The van der Waals surface area contributed by atoms with Crippen LogP contribution in [0, 0.1) is 0 Å². The zero-order chi connectivity index (χ0) is 10.4. The van der Waals surface area contributed by atoms with Gasteiger partial charge in [-0.2, -0.15) is 0 Å². The third-order valence-electron chi connectivity index (χ3n) is 2.36. The minimum Gasteiger partial charge on any atom is -0.395 e. The van der Waals surface area contributed by atoms with E-state index in [0.717, 1.165) is 25.9 Å². The maximum absolute atomic E-state index is 11.2. The molecule has 0 bridgehead atoms. The summed E-state index contributed by atoms with van der Waals surface area (Å²) in [6.45, 7) is 2.31. The summed E-state index contributed by atoms with van der Waals surface area (Å²) in [6.07, 6.45) is 2.17. The van der Waals surface area contributed by atoms with E-state index in [1.807, 2.05) is 0 Å². The molecule has 82 valence electrons. The summed E-state index contributed by atoms with van der Waals surface area (Å²) in [6, 6.07) is 0.0618. The minimum absolute atomic E-state index is 0.0159.